The first-order valence-electron chi connectivity index (χ1n) is 8.82. The van der Waals surface area contributed by atoms with E-state index in [9.17, 15) is 9.18 Å². The molecule has 3 rings (SSSR count). The third-order valence-corrected chi connectivity index (χ3v) is 4.85. The van der Waals surface area contributed by atoms with Gasteiger partial charge >= 0.3 is 0 Å². The van der Waals surface area contributed by atoms with E-state index in [1.54, 1.807) is 18.3 Å². The van der Waals surface area contributed by atoms with Crippen LogP contribution in [0.3, 0.4) is 0 Å². The fraction of sp³-hybridized carbons (Fsp3) is 0.316. The zero-order valence-corrected chi connectivity index (χ0v) is 16.3. The predicted molar refractivity (Wildman–Crippen MR) is 109 cm³/mol. The van der Waals surface area contributed by atoms with Crippen molar-refractivity contribution in [1.29, 1.82) is 0 Å². The smallest absolute Gasteiger partial charge is 0.198 e. The number of fused-ring (bicyclic) bond motifs is 1. The van der Waals surface area contributed by atoms with Gasteiger partial charge in [0.2, 0.25) is 0 Å². The van der Waals surface area contributed by atoms with E-state index < -0.39 is 11.6 Å². The molecule has 0 unspecified atom stereocenters. The highest BCUT2D eigenvalue weighted by atomic mass is 32.2. The number of nitrogens with zero attached hydrogens (tertiary/aromatic N) is 2. The van der Waals surface area contributed by atoms with Crippen molar-refractivity contribution in [3.8, 4) is 0 Å². The first-order chi connectivity index (χ1) is 13.0. The van der Waals surface area contributed by atoms with Gasteiger partial charge in [-0.3, -0.25) is 4.79 Å². The molecule has 27 heavy (non-hydrogen) atoms. The molecule has 3 aromatic rings. The largest absolute Gasteiger partial charge is 0.367 e. The highest BCUT2D eigenvalue weighted by Crippen LogP contribution is 2.28. The van der Waals surface area contributed by atoms with E-state index in [2.05, 4.69) is 25.0 Å². The molecule has 0 aliphatic rings. The van der Waals surface area contributed by atoms with E-state index in [1.165, 1.54) is 24.3 Å². The van der Waals surface area contributed by atoms with Crippen LogP contribution in [0.25, 0.3) is 11.0 Å². The van der Waals surface area contributed by atoms with E-state index >= 15 is 0 Å². The molecule has 0 radical (unpaired) electrons. The fourth-order valence-electron chi connectivity index (χ4n) is 2.69. The van der Waals surface area contributed by atoms with Crippen molar-refractivity contribution in [1.82, 2.24) is 15.0 Å². The summed E-state index contributed by atoms with van der Waals surface area (Å²) in [6.07, 6.45) is 3.95. The second-order valence-electron chi connectivity index (χ2n) is 6.39. The van der Waals surface area contributed by atoms with Crippen LogP contribution in [0.4, 0.5) is 15.9 Å². The fourth-order valence-corrected chi connectivity index (χ4v) is 3.31. The van der Waals surface area contributed by atoms with E-state index in [4.69, 9.17) is 0 Å². The van der Waals surface area contributed by atoms with Crippen molar-refractivity contribution in [2.45, 2.75) is 33.2 Å². The van der Waals surface area contributed by atoms with E-state index in [1.807, 2.05) is 20.8 Å². The van der Waals surface area contributed by atoms with E-state index in [0.717, 1.165) is 12.2 Å². The van der Waals surface area contributed by atoms with Crippen LogP contribution in [0, 0.1) is 5.82 Å². The third-order valence-electron chi connectivity index (χ3n) is 3.87. The van der Waals surface area contributed by atoms with Gasteiger partial charge in [-0.05, 0) is 32.4 Å². The molecule has 0 spiro atoms. The first kappa shape index (κ1) is 19.2. The lowest BCUT2D eigenvalue weighted by Crippen LogP contribution is -2.12. The van der Waals surface area contributed by atoms with Crippen molar-refractivity contribution in [2.24, 2.45) is 0 Å². The van der Waals surface area contributed by atoms with Crippen molar-refractivity contribution >= 4 is 40.3 Å². The molecule has 0 fully saturated rings. The van der Waals surface area contributed by atoms with Crippen LogP contribution in [0.15, 0.2) is 30.7 Å². The van der Waals surface area contributed by atoms with Gasteiger partial charge in [-0.1, -0.05) is 24.9 Å². The summed E-state index contributed by atoms with van der Waals surface area (Å²) in [5, 5.41) is 3.77. The van der Waals surface area contributed by atoms with Crippen molar-refractivity contribution < 1.29 is 9.18 Å². The lowest BCUT2D eigenvalue weighted by Gasteiger charge is -2.11. The molecule has 0 saturated carbocycles. The molecule has 0 aliphatic carbocycles. The van der Waals surface area contributed by atoms with Gasteiger partial charge in [-0.2, -0.15) is 0 Å². The number of halogens is 1. The predicted octanol–water partition coefficient (Wildman–Crippen LogP) is 4.62. The molecule has 0 aliphatic heterocycles. The number of carbonyl (C=O) groups is 1. The maximum Gasteiger partial charge on any atom is 0.198 e. The van der Waals surface area contributed by atoms with Gasteiger partial charge in [0.05, 0.1) is 22.2 Å². The van der Waals surface area contributed by atoms with Gasteiger partial charge in [0, 0.05) is 18.0 Å². The zero-order valence-electron chi connectivity index (χ0n) is 15.5. The molecular formula is C19H22FN5OS. The summed E-state index contributed by atoms with van der Waals surface area (Å²) in [6.45, 7) is 6.00. The molecule has 2 aromatic heterocycles. The van der Waals surface area contributed by atoms with Crippen LogP contribution in [-0.2, 0) is 0 Å². The van der Waals surface area contributed by atoms with Crippen LogP contribution in [0.1, 0.15) is 43.1 Å². The molecule has 142 valence electrons. The molecule has 0 bridgehead atoms. The molecule has 1 aromatic carbocycles. The maximum atomic E-state index is 14.9. The van der Waals surface area contributed by atoms with E-state index in [0.29, 0.717) is 28.1 Å². The van der Waals surface area contributed by atoms with Gasteiger partial charge in [0.15, 0.2) is 11.6 Å². The Hall–Kier alpha value is -2.61. The number of hydrogen-bond donors (Lipinski definition) is 3. The number of hydrogen-bond acceptors (Lipinski definition) is 6. The highest BCUT2D eigenvalue weighted by molar-refractivity contribution is 8.00. The Bertz CT molecular complexity index is 956. The third kappa shape index (κ3) is 4.05. The van der Waals surface area contributed by atoms with Gasteiger partial charge in [-0.25, -0.2) is 14.4 Å². The molecule has 8 heteroatoms. The molecule has 6 nitrogen and oxygen atoms in total. The van der Waals surface area contributed by atoms with Crippen LogP contribution in [-0.4, -0.2) is 32.5 Å². The number of H-pyrrole nitrogens is 1. The minimum atomic E-state index is -0.560. The second kappa shape index (κ2) is 8.39. The Morgan fingerprint density at radius 2 is 2.11 bits per heavy atom. The molecular weight excluding hydrogens is 365 g/mol. The summed E-state index contributed by atoms with van der Waals surface area (Å²) in [6, 6.07) is 4.91. The average molecular weight is 387 g/mol. The molecule has 2 heterocycles. The Morgan fingerprint density at radius 3 is 2.85 bits per heavy atom. The number of ketones is 1. The summed E-state index contributed by atoms with van der Waals surface area (Å²) in [4.78, 5) is 24.5. The molecule has 0 atom stereocenters. The zero-order chi connectivity index (χ0) is 19.4. The summed E-state index contributed by atoms with van der Waals surface area (Å²) < 4.78 is 17.9. The van der Waals surface area contributed by atoms with Gasteiger partial charge in [0.1, 0.15) is 17.8 Å². The van der Waals surface area contributed by atoms with Crippen molar-refractivity contribution in [3.05, 3.63) is 47.7 Å². The van der Waals surface area contributed by atoms with Gasteiger partial charge in [0.25, 0.3) is 0 Å². The number of anilines is 2. The Labute approximate surface area is 161 Å². The SMILES string of the molecule is CCCSNc1cccc(C(=O)c2c[nH]c3ncnc(NC(C)C)c23)c1F. The lowest BCUT2D eigenvalue weighted by atomic mass is 10.0. The average Bonchev–Trinajstić information content (AvgIpc) is 3.07. The summed E-state index contributed by atoms with van der Waals surface area (Å²) in [5.41, 5.74) is 1.18. The van der Waals surface area contributed by atoms with Crippen LogP contribution >= 0.6 is 11.9 Å². The Balaban J connectivity index is 2.00. The monoisotopic (exact) mass is 387 g/mol. The summed E-state index contributed by atoms with van der Waals surface area (Å²) >= 11 is 1.41. The van der Waals surface area contributed by atoms with Crippen molar-refractivity contribution in [3.63, 3.8) is 0 Å². The second-order valence-corrected chi connectivity index (χ2v) is 7.30. The Kier molecular flexibility index (Phi) is 5.95. The van der Waals surface area contributed by atoms with Crippen LogP contribution in [0.2, 0.25) is 0 Å². The van der Waals surface area contributed by atoms with E-state index in [-0.39, 0.29) is 11.6 Å². The Morgan fingerprint density at radius 1 is 1.30 bits per heavy atom. The van der Waals surface area contributed by atoms with Gasteiger partial charge < -0.3 is 15.0 Å². The van der Waals surface area contributed by atoms with Gasteiger partial charge in [-0.15, -0.1) is 0 Å². The van der Waals surface area contributed by atoms with Crippen LogP contribution in [0.5, 0.6) is 0 Å². The number of nitrogens with one attached hydrogen (secondary N) is 3. The number of rotatable bonds is 8. The van der Waals surface area contributed by atoms with Crippen LogP contribution < -0.4 is 10.0 Å². The quantitative estimate of drug-likeness (QED) is 0.297. The standard InChI is InChI=1S/C19H22FN5OS/c1-4-8-27-25-14-7-5-6-12(16(14)20)17(26)13-9-21-18-15(13)19(23-10-22-18)24-11(2)3/h5-7,9-11,25H,4,8H2,1-3H3,(H2,21,22,23,24). The number of aromatic amines is 1. The number of benzene rings is 1. The molecule has 0 amide bonds. The normalized spacial score (nSPS) is 11.1. The summed E-state index contributed by atoms with van der Waals surface area (Å²) in [7, 11) is 0. The summed E-state index contributed by atoms with van der Waals surface area (Å²) in [5.74, 6) is 0.426. The van der Waals surface area contributed by atoms with Crippen molar-refractivity contribution in [2.75, 3.05) is 15.8 Å². The lowest BCUT2D eigenvalue weighted by molar-refractivity contribution is 0.103. The topological polar surface area (TPSA) is 82.7 Å². The number of aromatic nitrogens is 3. The minimum absolute atomic E-state index is 0.0114. The number of carbonyl (C=O) groups excluding carboxylic acids is 1. The maximum absolute atomic E-state index is 14.9. The highest BCUT2D eigenvalue weighted by Gasteiger charge is 2.22. The minimum Gasteiger partial charge on any atom is -0.367 e. The first-order valence-corrected chi connectivity index (χ1v) is 9.81. The molecule has 0 saturated heterocycles. The molecule has 3 N–H and O–H groups in total.